The van der Waals surface area contributed by atoms with E-state index < -0.39 is 10.0 Å². The molecule has 6 heterocycles. The number of anilines is 1. The number of aromatic nitrogens is 6. The number of ketones is 1. The molecule has 0 aliphatic carbocycles. The SMILES string of the molecule is CC(=O)c1c([C@H]2C[C@H]3CC[C@@H](C2)N3S(C)(=O)=O)nc2c(-c3ccc(-c4ncc[nH]4)nc3)cnn2c1N. The number of nitrogens with two attached hydrogens (primary N) is 1. The fourth-order valence-corrected chi connectivity index (χ4v) is 7.36. The Bertz CT molecular complexity index is 1560. The molecule has 4 aromatic rings. The summed E-state index contributed by atoms with van der Waals surface area (Å²) in [6, 6.07) is 3.60. The van der Waals surface area contributed by atoms with E-state index in [4.69, 9.17) is 10.7 Å². The molecule has 3 atom stereocenters. The molecule has 0 aromatic carbocycles. The van der Waals surface area contributed by atoms with E-state index in [1.54, 1.807) is 29.1 Å². The summed E-state index contributed by atoms with van der Waals surface area (Å²) in [4.78, 5) is 29.5. The van der Waals surface area contributed by atoms with Crippen molar-refractivity contribution in [2.24, 2.45) is 0 Å². The third-order valence-electron chi connectivity index (χ3n) is 7.31. The van der Waals surface area contributed by atoms with E-state index in [0.29, 0.717) is 41.3 Å². The standard InChI is InChI=1S/C24H26N8O3S/c1-13(33)20-21(15-9-16-4-5-17(10-15)32(16)36(2,34)35)30-24-18(12-29-31(24)22(20)25)14-3-6-19(28-11-14)23-26-7-8-27-23/h3,6-8,11-12,15-17H,4-5,9-10,25H2,1-2H3,(H,26,27)/t15-,16+,17-. The van der Waals surface area contributed by atoms with Gasteiger partial charge in [0, 0.05) is 47.7 Å². The highest BCUT2D eigenvalue weighted by Crippen LogP contribution is 2.45. The lowest BCUT2D eigenvalue weighted by atomic mass is 9.86. The summed E-state index contributed by atoms with van der Waals surface area (Å²) in [6.07, 6.45) is 10.9. The number of nitrogen functional groups attached to an aromatic ring is 1. The number of hydrogen-bond acceptors (Lipinski definition) is 8. The zero-order valence-electron chi connectivity index (χ0n) is 19.9. The maximum atomic E-state index is 12.7. The van der Waals surface area contributed by atoms with Gasteiger partial charge in [-0.3, -0.25) is 9.78 Å². The number of aromatic amines is 1. The number of fused-ring (bicyclic) bond motifs is 3. The van der Waals surface area contributed by atoms with Crippen LogP contribution in [-0.2, 0) is 10.0 Å². The zero-order chi connectivity index (χ0) is 25.2. The predicted molar refractivity (Wildman–Crippen MR) is 134 cm³/mol. The number of piperidine rings is 1. The molecule has 36 heavy (non-hydrogen) atoms. The molecule has 0 spiro atoms. The highest BCUT2D eigenvalue weighted by Gasteiger charge is 2.46. The number of pyridine rings is 1. The summed E-state index contributed by atoms with van der Waals surface area (Å²) in [5.74, 6) is 0.657. The zero-order valence-corrected chi connectivity index (χ0v) is 20.7. The van der Waals surface area contributed by atoms with Gasteiger partial charge in [-0.25, -0.2) is 18.4 Å². The van der Waals surface area contributed by atoms with Crippen molar-refractivity contribution in [1.82, 2.24) is 33.9 Å². The highest BCUT2D eigenvalue weighted by atomic mass is 32.2. The van der Waals surface area contributed by atoms with E-state index in [1.807, 2.05) is 12.1 Å². The van der Waals surface area contributed by atoms with Crippen molar-refractivity contribution < 1.29 is 13.2 Å². The molecule has 2 bridgehead atoms. The number of H-pyrrole nitrogens is 1. The first-order valence-electron chi connectivity index (χ1n) is 11.8. The van der Waals surface area contributed by atoms with Gasteiger partial charge in [-0.2, -0.15) is 13.9 Å². The lowest BCUT2D eigenvalue weighted by molar-refractivity contribution is 0.101. The van der Waals surface area contributed by atoms with Crippen LogP contribution < -0.4 is 5.73 Å². The highest BCUT2D eigenvalue weighted by molar-refractivity contribution is 7.88. The summed E-state index contributed by atoms with van der Waals surface area (Å²) in [5, 5.41) is 4.43. The molecule has 0 amide bonds. The Balaban J connectivity index is 1.43. The molecular formula is C24H26N8O3S. The van der Waals surface area contributed by atoms with Crippen LogP contribution in [0.15, 0.2) is 36.9 Å². The van der Waals surface area contributed by atoms with E-state index in [1.165, 1.54) is 17.7 Å². The van der Waals surface area contributed by atoms with Crippen LogP contribution in [0.4, 0.5) is 5.82 Å². The van der Waals surface area contributed by atoms with E-state index in [2.05, 4.69) is 20.1 Å². The molecule has 11 nitrogen and oxygen atoms in total. The molecule has 6 rings (SSSR count). The average Bonchev–Trinajstić information content (AvgIpc) is 3.57. The van der Waals surface area contributed by atoms with Crippen LogP contribution in [0.5, 0.6) is 0 Å². The van der Waals surface area contributed by atoms with E-state index in [0.717, 1.165) is 24.0 Å². The predicted octanol–water partition coefficient (Wildman–Crippen LogP) is 2.64. The summed E-state index contributed by atoms with van der Waals surface area (Å²) >= 11 is 0. The molecule has 2 saturated heterocycles. The van der Waals surface area contributed by atoms with Crippen molar-refractivity contribution in [3.05, 3.63) is 48.2 Å². The monoisotopic (exact) mass is 506 g/mol. The first-order valence-corrected chi connectivity index (χ1v) is 13.7. The number of carbonyl (C=O) groups excluding carboxylic acids is 1. The topological polar surface area (TPSA) is 152 Å². The number of Topliss-reactive ketones (excluding diaryl/α,β-unsaturated/α-hetero) is 1. The third-order valence-corrected chi connectivity index (χ3v) is 8.68. The Hall–Kier alpha value is -3.64. The molecule has 12 heteroatoms. The third kappa shape index (κ3) is 3.59. The second kappa shape index (κ2) is 8.20. The van der Waals surface area contributed by atoms with Crippen molar-refractivity contribution in [3.63, 3.8) is 0 Å². The number of carbonyl (C=O) groups is 1. The Kier molecular flexibility index (Phi) is 5.20. The van der Waals surface area contributed by atoms with Crippen LogP contribution in [0.1, 0.15) is 54.6 Å². The minimum Gasteiger partial charge on any atom is -0.383 e. The van der Waals surface area contributed by atoms with Crippen molar-refractivity contribution in [1.29, 1.82) is 0 Å². The number of rotatable bonds is 5. The molecule has 186 valence electrons. The van der Waals surface area contributed by atoms with Gasteiger partial charge in [-0.1, -0.05) is 6.07 Å². The van der Waals surface area contributed by atoms with Gasteiger partial charge < -0.3 is 10.7 Å². The Morgan fingerprint density at radius 3 is 2.47 bits per heavy atom. The second-order valence-corrected chi connectivity index (χ2v) is 11.5. The summed E-state index contributed by atoms with van der Waals surface area (Å²) < 4.78 is 27.9. The van der Waals surface area contributed by atoms with Gasteiger partial charge in [0.1, 0.15) is 11.5 Å². The first-order chi connectivity index (χ1) is 17.2. The minimum absolute atomic E-state index is 0.0751. The molecule has 3 N–H and O–H groups in total. The van der Waals surface area contributed by atoms with Gasteiger partial charge in [-0.05, 0) is 38.7 Å². The van der Waals surface area contributed by atoms with Crippen molar-refractivity contribution in [3.8, 4) is 22.6 Å². The van der Waals surface area contributed by atoms with Gasteiger partial charge in [0.05, 0.1) is 23.7 Å². The fraction of sp³-hybridized carbons (Fsp3) is 0.375. The second-order valence-electron chi connectivity index (χ2n) is 9.62. The van der Waals surface area contributed by atoms with Crippen molar-refractivity contribution >= 4 is 27.3 Å². The van der Waals surface area contributed by atoms with E-state index in [-0.39, 0.29) is 29.6 Å². The first kappa shape index (κ1) is 22.8. The normalized spacial score (nSPS) is 22.3. The fourth-order valence-electron chi connectivity index (χ4n) is 5.89. The average molecular weight is 507 g/mol. The molecule has 0 saturated carbocycles. The van der Waals surface area contributed by atoms with Gasteiger partial charge in [-0.15, -0.1) is 0 Å². The number of nitrogens with one attached hydrogen (secondary N) is 1. The Morgan fingerprint density at radius 2 is 1.89 bits per heavy atom. The molecule has 4 aromatic heterocycles. The smallest absolute Gasteiger partial charge is 0.211 e. The largest absolute Gasteiger partial charge is 0.383 e. The molecular weight excluding hydrogens is 480 g/mol. The number of imidazole rings is 1. The van der Waals surface area contributed by atoms with Crippen molar-refractivity contribution in [2.45, 2.75) is 50.6 Å². The summed E-state index contributed by atoms with van der Waals surface area (Å²) in [7, 11) is -3.30. The lowest BCUT2D eigenvalue weighted by Gasteiger charge is -2.37. The maximum Gasteiger partial charge on any atom is 0.211 e. The number of nitrogens with zero attached hydrogens (tertiary/aromatic N) is 6. The maximum absolute atomic E-state index is 12.7. The van der Waals surface area contributed by atoms with Crippen LogP contribution in [0, 0.1) is 0 Å². The van der Waals surface area contributed by atoms with Gasteiger partial charge in [0.2, 0.25) is 10.0 Å². The molecule has 0 radical (unpaired) electrons. The molecule has 2 aliphatic heterocycles. The van der Waals surface area contributed by atoms with Gasteiger partial charge >= 0.3 is 0 Å². The summed E-state index contributed by atoms with van der Waals surface area (Å²) in [5.41, 5.74) is 10.3. The van der Waals surface area contributed by atoms with E-state index in [9.17, 15) is 13.2 Å². The van der Waals surface area contributed by atoms with Crippen LogP contribution in [0.25, 0.3) is 28.3 Å². The Labute approximate surface area is 207 Å². The van der Waals surface area contributed by atoms with Crippen LogP contribution >= 0.6 is 0 Å². The van der Waals surface area contributed by atoms with Gasteiger partial charge in [0.25, 0.3) is 0 Å². The Morgan fingerprint density at radius 1 is 1.14 bits per heavy atom. The molecule has 0 unspecified atom stereocenters. The lowest BCUT2D eigenvalue weighted by Crippen LogP contribution is -2.45. The summed E-state index contributed by atoms with van der Waals surface area (Å²) in [6.45, 7) is 1.48. The van der Waals surface area contributed by atoms with Crippen LogP contribution in [0.2, 0.25) is 0 Å². The molecule has 2 fully saturated rings. The quantitative estimate of drug-likeness (QED) is 0.392. The molecule has 2 aliphatic rings. The minimum atomic E-state index is -3.30. The number of sulfonamides is 1. The van der Waals surface area contributed by atoms with Gasteiger partial charge in [0.15, 0.2) is 17.3 Å². The van der Waals surface area contributed by atoms with Crippen LogP contribution in [-0.4, -0.2) is 66.4 Å². The van der Waals surface area contributed by atoms with Crippen LogP contribution in [0.3, 0.4) is 0 Å². The van der Waals surface area contributed by atoms with E-state index >= 15 is 0 Å². The van der Waals surface area contributed by atoms with Crippen molar-refractivity contribution in [2.75, 3.05) is 12.0 Å². The number of hydrogen-bond donors (Lipinski definition) is 2.